The van der Waals surface area contributed by atoms with Gasteiger partial charge < -0.3 is 15.4 Å². The number of methoxy groups -OCH3 is 1. The lowest BCUT2D eigenvalue weighted by molar-refractivity contribution is -0.132. The SMILES string of the molecule is C=CCN(Cc1ccc(OC)cc1)C(=O)C[C@@H]1CCC[C@H]1N.Cl. The van der Waals surface area contributed by atoms with Crippen LogP contribution in [-0.2, 0) is 11.3 Å². The molecule has 0 heterocycles. The first kappa shape index (κ1) is 19.5. The fourth-order valence-electron chi connectivity index (χ4n) is 3.03. The van der Waals surface area contributed by atoms with Gasteiger partial charge in [0.25, 0.3) is 0 Å². The van der Waals surface area contributed by atoms with Crippen LogP contribution in [0.15, 0.2) is 36.9 Å². The van der Waals surface area contributed by atoms with Gasteiger partial charge in [-0.25, -0.2) is 0 Å². The lowest BCUT2D eigenvalue weighted by Crippen LogP contribution is -2.35. The van der Waals surface area contributed by atoms with Crippen molar-refractivity contribution in [1.29, 1.82) is 0 Å². The number of hydrogen-bond donors (Lipinski definition) is 1. The Balaban J connectivity index is 0.00000264. The van der Waals surface area contributed by atoms with Crippen LogP contribution in [0.4, 0.5) is 0 Å². The second-order valence-corrected chi connectivity index (χ2v) is 5.97. The number of rotatable bonds is 7. The summed E-state index contributed by atoms with van der Waals surface area (Å²) >= 11 is 0. The van der Waals surface area contributed by atoms with Crippen molar-refractivity contribution >= 4 is 18.3 Å². The summed E-state index contributed by atoms with van der Waals surface area (Å²) in [7, 11) is 1.65. The van der Waals surface area contributed by atoms with Gasteiger partial charge in [-0.1, -0.05) is 24.6 Å². The Morgan fingerprint density at radius 2 is 2.09 bits per heavy atom. The van der Waals surface area contributed by atoms with E-state index in [1.54, 1.807) is 13.2 Å². The number of carbonyl (C=O) groups is 1. The second kappa shape index (κ2) is 9.58. The molecule has 2 N–H and O–H groups in total. The number of ether oxygens (including phenoxy) is 1. The van der Waals surface area contributed by atoms with E-state index in [9.17, 15) is 4.79 Å². The van der Waals surface area contributed by atoms with E-state index in [0.29, 0.717) is 25.4 Å². The average Bonchev–Trinajstić information content (AvgIpc) is 2.92. The van der Waals surface area contributed by atoms with Crippen molar-refractivity contribution < 1.29 is 9.53 Å². The van der Waals surface area contributed by atoms with Crippen LogP contribution in [0.2, 0.25) is 0 Å². The minimum Gasteiger partial charge on any atom is -0.497 e. The van der Waals surface area contributed by atoms with E-state index >= 15 is 0 Å². The zero-order valence-corrected chi connectivity index (χ0v) is 14.6. The molecular weight excluding hydrogens is 312 g/mol. The number of carbonyl (C=O) groups excluding carboxylic acids is 1. The summed E-state index contributed by atoms with van der Waals surface area (Å²) in [5.74, 6) is 1.32. The summed E-state index contributed by atoms with van der Waals surface area (Å²) in [6.45, 7) is 4.92. The quantitative estimate of drug-likeness (QED) is 0.777. The van der Waals surface area contributed by atoms with Crippen LogP contribution in [0.3, 0.4) is 0 Å². The summed E-state index contributed by atoms with van der Waals surface area (Å²) in [6.07, 6.45) is 5.56. The molecule has 128 valence electrons. The van der Waals surface area contributed by atoms with Gasteiger partial charge in [-0.05, 0) is 36.5 Å². The highest BCUT2D eigenvalue weighted by molar-refractivity contribution is 5.85. The first-order valence-electron chi connectivity index (χ1n) is 7.91. The van der Waals surface area contributed by atoms with Crippen LogP contribution in [-0.4, -0.2) is 30.5 Å². The topological polar surface area (TPSA) is 55.6 Å². The Bertz CT molecular complexity index is 504. The molecule has 0 saturated heterocycles. The third-order valence-corrected chi connectivity index (χ3v) is 4.39. The number of nitrogens with two attached hydrogens (primary N) is 1. The maximum Gasteiger partial charge on any atom is 0.223 e. The van der Waals surface area contributed by atoms with Gasteiger partial charge in [0.1, 0.15) is 5.75 Å². The zero-order chi connectivity index (χ0) is 15.9. The number of nitrogens with zero attached hydrogens (tertiary/aromatic N) is 1. The monoisotopic (exact) mass is 338 g/mol. The standard InChI is InChI=1S/C18H26N2O2.ClH/c1-3-11-20(13-14-7-9-16(22-2)10-8-14)18(21)12-15-5-4-6-17(15)19;/h3,7-10,15,17H,1,4-6,11-13,19H2,2H3;1H/t15-,17+;/m0./s1. The third-order valence-electron chi connectivity index (χ3n) is 4.39. The van der Waals surface area contributed by atoms with E-state index in [0.717, 1.165) is 30.6 Å². The van der Waals surface area contributed by atoms with Crippen LogP contribution in [0.5, 0.6) is 5.75 Å². The van der Waals surface area contributed by atoms with Gasteiger partial charge in [0.05, 0.1) is 7.11 Å². The Kier molecular flexibility index (Phi) is 8.13. The summed E-state index contributed by atoms with van der Waals surface area (Å²) < 4.78 is 5.16. The molecule has 0 unspecified atom stereocenters. The highest BCUT2D eigenvalue weighted by Crippen LogP contribution is 2.27. The highest BCUT2D eigenvalue weighted by atomic mass is 35.5. The first-order valence-corrected chi connectivity index (χ1v) is 7.91. The highest BCUT2D eigenvalue weighted by Gasteiger charge is 2.27. The van der Waals surface area contributed by atoms with E-state index in [2.05, 4.69) is 6.58 Å². The molecule has 2 rings (SSSR count). The molecule has 0 aromatic heterocycles. The summed E-state index contributed by atoms with van der Waals surface area (Å²) in [5.41, 5.74) is 7.17. The van der Waals surface area contributed by atoms with Crippen molar-refractivity contribution in [2.45, 2.75) is 38.3 Å². The van der Waals surface area contributed by atoms with E-state index in [4.69, 9.17) is 10.5 Å². The average molecular weight is 339 g/mol. The number of amides is 1. The van der Waals surface area contributed by atoms with Gasteiger partial charge in [0.15, 0.2) is 0 Å². The maximum atomic E-state index is 12.6. The van der Waals surface area contributed by atoms with Crippen LogP contribution < -0.4 is 10.5 Å². The van der Waals surface area contributed by atoms with Crippen LogP contribution >= 0.6 is 12.4 Å². The fourth-order valence-corrected chi connectivity index (χ4v) is 3.03. The predicted molar refractivity (Wildman–Crippen MR) is 95.8 cm³/mol. The Hall–Kier alpha value is -1.52. The first-order chi connectivity index (χ1) is 10.6. The molecular formula is C18H27ClN2O2. The molecule has 1 amide bonds. The van der Waals surface area contributed by atoms with Crippen molar-refractivity contribution in [3.63, 3.8) is 0 Å². The largest absolute Gasteiger partial charge is 0.497 e. The lowest BCUT2D eigenvalue weighted by atomic mass is 9.99. The summed E-state index contributed by atoms with van der Waals surface area (Å²) in [5, 5.41) is 0. The molecule has 5 heteroatoms. The molecule has 0 aliphatic heterocycles. The molecule has 1 saturated carbocycles. The molecule has 4 nitrogen and oxygen atoms in total. The number of halogens is 1. The van der Waals surface area contributed by atoms with Gasteiger partial charge in [-0.2, -0.15) is 0 Å². The number of hydrogen-bond acceptors (Lipinski definition) is 3. The predicted octanol–water partition coefficient (Wildman–Crippen LogP) is 3.15. The fraction of sp³-hybridized carbons (Fsp3) is 0.500. The Morgan fingerprint density at radius 3 is 2.61 bits per heavy atom. The lowest BCUT2D eigenvalue weighted by Gasteiger charge is -2.24. The zero-order valence-electron chi connectivity index (χ0n) is 13.7. The summed E-state index contributed by atoms with van der Waals surface area (Å²) in [6, 6.07) is 7.99. The molecule has 1 aliphatic rings. The van der Waals surface area contributed by atoms with E-state index in [1.165, 1.54) is 0 Å². The maximum absolute atomic E-state index is 12.6. The third kappa shape index (κ3) is 5.56. The Morgan fingerprint density at radius 1 is 1.39 bits per heavy atom. The van der Waals surface area contributed by atoms with Crippen LogP contribution in [0, 0.1) is 5.92 Å². The van der Waals surface area contributed by atoms with E-state index in [1.807, 2.05) is 29.2 Å². The van der Waals surface area contributed by atoms with Gasteiger partial charge in [-0.3, -0.25) is 4.79 Å². The van der Waals surface area contributed by atoms with Crippen LogP contribution in [0.1, 0.15) is 31.2 Å². The second-order valence-electron chi connectivity index (χ2n) is 5.97. The minimum absolute atomic E-state index is 0. The molecule has 0 spiro atoms. The molecule has 2 atom stereocenters. The van der Waals surface area contributed by atoms with Crippen molar-refractivity contribution in [1.82, 2.24) is 4.90 Å². The van der Waals surface area contributed by atoms with Gasteiger partial charge in [-0.15, -0.1) is 19.0 Å². The molecule has 1 fully saturated rings. The molecule has 0 radical (unpaired) electrons. The molecule has 1 aliphatic carbocycles. The van der Waals surface area contributed by atoms with Gasteiger partial charge in [0.2, 0.25) is 5.91 Å². The van der Waals surface area contributed by atoms with Crippen molar-refractivity contribution in [3.05, 3.63) is 42.5 Å². The molecule has 1 aromatic rings. The summed E-state index contributed by atoms with van der Waals surface area (Å²) in [4.78, 5) is 14.4. The van der Waals surface area contributed by atoms with Crippen molar-refractivity contribution in [3.8, 4) is 5.75 Å². The van der Waals surface area contributed by atoms with Crippen molar-refractivity contribution in [2.24, 2.45) is 11.7 Å². The van der Waals surface area contributed by atoms with E-state index in [-0.39, 0.29) is 24.4 Å². The molecule has 1 aromatic carbocycles. The molecule has 23 heavy (non-hydrogen) atoms. The normalized spacial score (nSPS) is 19.7. The van der Waals surface area contributed by atoms with Crippen LogP contribution in [0.25, 0.3) is 0 Å². The smallest absolute Gasteiger partial charge is 0.223 e. The Labute approximate surface area is 145 Å². The number of benzene rings is 1. The van der Waals surface area contributed by atoms with E-state index < -0.39 is 0 Å². The van der Waals surface area contributed by atoms with Gasteiger partial charge in [0, 0.05) is 25.6 Å². The molecule has 0 bridgehead atoms. The minimum atomic E-state index is 0. The van der Waals surface area contributed by atoms with Crippen molar-refractivity contribution in [2.75, 3.05) is 13.7 Å². The van der Waals surface area contributed by atoms with Gasteiger partial charge >= 0.3 is 0 Å².